The lowest BCUT2D eigenvalue weighted by molar-refractivity contribution is -0.121. The van der Waals surface area contributed by atoms with Gasteiger partial charge in [0.25, 0.3) is 0 Å². The van der Waals surface area contributed by atoms with E-state index in [4.69, 9.17) is 4.74 Å². The van der Waals surface area contributed by atoms with Crippen molar-refractivity contribution in [3.8, 4) is 5.75 Å². The largest absolute Gasteiger partial charge is 0.487 e. The molecule has 7 heteroatoms. The Labute approximate surface area is 172 Å². The Balaban J connectivity index is 1.83. The van der Waals surface area contributed by atoms with E-state index < -0.39 is 10.0 Å². The molecule has 0 saturated carbocycles. The summed E-state index contributed by atoms with van der Waals surface area (Å²) in [7, 11) is -3.60. The summed E-state index contributed by atoms with van der Waals surface area (Å²) >= 11 is 0. The van der Waals surface area contributed by atoms with E-state index in [1.807, 2.05) is 24.3 Å². The molecule has 29 heavy (non-hydrogen) atoms. The van der Waals surface area contributed by atoms with Gasteiger partial charge in [-0.3, -0.25) is 9.10 Å². The van der Waals surface area contributed by atoms with Gasteiger partial charge in [-0.1, -0.05) is 50.2 Å². The summed E-state index contributed by atoms with van der Waals surface area (Å²) in [4.78, 5) is 12.9. The first-order chi connectivity index (χ1) is 13.8. The number of nitrogens with zero attached hydrogens (tertiary/aromatic N) is 1. The van der Waals surface area contributed by atoms with Crippen molar-refractivity contribution in [2.45, 2.75) is 44.8 Å². The number of ether oxygens (including phenoxy) is 1. The number of hydrogen-bond donors (Lipinski definition) is 1. The van der Waals surface area contributed by atoms with Crippen LogP contribution < -0.4 is 14.4 Å². The summed E-state index contributed by atoms with van der Waals surface area (Å²) in [5.74, 6) is 0.429. The van der Waals surface area contributed by atoms with Crippen LogP contribution in [0.3, 0.4) is 0 Å². The van der Waals surface area contributed by atoms with E-state index in [0.717, 1.165) is 34.7 Å². The molecule has 1 heterocycles. The lowest BCUT2D eigenvalue weighted by Crippen LogP contribution is -2.47. The number of carbonyl (C=O) groups is 1. The van der Waals surface area contributed by atoms with Gasteiger partial charge in [-0.05, 0) is 31.0 Å². The highest BCUT2D eigenvalue weighted by atomic mass is 32.2. The van der Waals surface area contributed by atoms with Gasteiger partial charge in [0.15, 0.2) is 0 Å². The van der Waals surface area contributed by atoms with Crippen molar-refractivity contribution in [3.63, 3.8) is 0 Å². The Morgan fingerprint density at radius 3 is 2.34 bits per heavy atom. The highest BCUT2D eigenvalue weighted by molar-refractivity contribution is 7.92. The van der Waals surface area contributed by atoms with Crippen LogP contribution in [-0.2, 0) is 14.8 Å². The second-order valence-electron chi connectivity index (χ2n) is 7.46. The summed E-state index contributed by atoms with van der Waals surface area (Å²) in [6.07, 6.45) is 3.40. The number of rotatable bonds is 7. The number of sulfonamides is 1. The van der Waals surface area contributed by atoms with Gasteiger partial charge in [0.2, 0.25) is 15.9 Å². The Morgan fingerprint density at radius 1 is 1.10 bits per heavy atom. The van der Waals surface area contributed by atoms with E-state index in [1.165, 1.54) is 0 Å². The molecule has 0 spiro atoms. The molecule has 1 atom stereocenters. The van der Waals surface area contributed by atoms with E-state index in [2.05, 4.69) is 19.2 Å². The topological polar surface area (TPSA) is 75.7 Å². The Bertz CT molecular complexity index is 956. The average Bonchev–Trinajstić information content (AvgIpc) is 2.71. The molecule has 2 aromatic rings. The lowest BCUT2D eigenvalue weighted by atomic mass is 9.83. The summed E-state index contributed by atoms with van der Waals surface area (Å²) in [5, 5.41) is 3.05. The second kappa shape index (κ2) is 8.45. The zero-order valence-electron chi connectivity index (χ0n) is 17.1. The fourth-order valence-corrected chi connectivity index (χ4v) is 4.65. The Morgan fingerprint density at radius 2 is 1.72 bits per heavy atom. The Kier molecular flexibility index (Phi) is 6.17. The van der Waals surface area contributed by atoms with Gasteiger partial charge >= 0.3 is 0 Å². The van der Waals surface area contributed by atoms with Crippen LogP contribution in [0.5, 0.6) is 5.75 Å². The van der Waals surface area contributed by atoms with Gasteiger partial charge in [0.05, 0.1) is 18.0 Å². The summed E-state index contributed by atoms with van der Waals surface area (Å²) < 4.78 is 32.0. The van der Waals surface area contributed by atoms with Crippen LogP contribution in [0.4, 0.5) is 5.69 Å². The number of fused-ring (bicyclic) bond motifs is 1. The molecule has 1 aliphatic heterocycles. The van der Waals surface area contributed by atoms with Crippen LogP contribution in [0.2, 0.25) is 0 Å². The lowest BCUT2D eigenvalue weighted by Gasteiger charge is -2.41. The van der Waals surface area contributed by atoms with Crippen LogP contribution >= 0.6 is 0 Å². The molecule has 0 radical (unpaired) electrons. The number of anilines is 1. The van der Waals surface area contributed by atoms with Gasteiger partial charge in [-0.25, -0.2) is 8.42 Å². The molecule has 6 nitrogen and oxygen atoms in total. The van der Waals surface area contributed by atoms with Crippen LogP contribution in [0.1, 0.15) is 44.7 Å². The van der Waals surface area contributed by atoms with E-state index in [9.17, 15) is 13.2 Å². The van der Waals surface area contributed by atoms with Crippen molar-refractivity contribution in [1.29, 1.82) is 0 Å². The molecule has 1 N–H and O–H groups in total. The molecular formula is C22H28N2O4S. The number of carbonyl (C=O) groups excluding carboxylic acids is 1. The van der Waals surface area contributed by atoms with E-state index in [0.29, 0.717) is 12.1 Å². The third-order valence-corrected chi connectivity index (χ3v) is 6.69. The number of amides is 1. The molecule has 3 rings (SSSR count). The monoisotopic (exact) mass is 416 g/mol. The van der Waals surface area contributed by atoms with Crippen LogP contribution in [0.15, 0.2) is 54.6 Å². The first-order valence-corrected chi connectivity index (χ1v) is 11.7. The molecular weight excluding hydrogens is 388 g/mol. The van der Waals surface area contributed by atoms with Crippen molar-refractivity contribution >= 4 is 21.6 Å². The molecule has 2 aromatic carbocycles. The zero-order chi connectivity index (χ0) is 21.1. The minimum atomic E-state index is -3.60. The number of nitrogens with one attached hydrogen (secondary N) is 1. The maximum atomic E-state index is 12.9. The third kappa shape index (κ3) is 4.72. The Hall–Kier alpha value is -2.54. The number of benzene rings is 2. The highest BCUT2D eigenvalue weighted by Gasteiger charge is 2.39. The van der Waals surface area contributed by atoms with Gasteiger partial charge in [-0.15, -0.1) is 0 Å². The molecule has 0 aromatic heterocycles. The van der Waals surface area contributed by atoms with E-state index in [-0.39, 0.29) is 24.1 Å². The van der Waals surface area contributed by atoms with Crippen molar-refractivity contribution in [2.75, 3.05) is 17.1 Å². The van der Waals surface area contributed by atoms with Crippen molar-refractivity contribution in [2.24, 2.45) is 0 Å². The zero-order valence-corrected chi connectivity index (χ0v) is 17.9. The van der Waals surface area contributed by atoms with Crippen LogP contribution in [0.25, 0.3) is 0 Å². The summed E-state index contributed by atoms with van der Waals surface area (Å²) in [5.41, 5.74) is 1.04. The standard InChI is InChI=1S/C22H28N2O4S/c1-4-22(5-2)15-19(18-13-9-10-14-20(18)28-22)23-21(25)16-24(29(3,26)27)17-11-7-6-8-12-17/h6-14,19H,4-5,15-16H2,1-3H3,(H,23,25)/t19-/m1/s1. The SMILES string of the molecule is CCC1(CC)C[C@@H](NC(=O)CN(c2ccccc2)S(C)(=O)=O)c2ccccc2O1. The van der Waals surface area contributed by atoms with Gasteiger partial charge in [0, 0.05) is 12.0 Å². The van der Waals surface area contributed by atoms with E-state index in [1.54, 1.807) is 30.3 Å². The first-order valence-electron chi connectivity index (χ1n) is 9.88. The molecule has 0 bridgehead atoms. The second-order valence-corrected chi connectivity index (χ2v) is 9.37. The summed E-state index contributed by atoms with van der Waals surface area (Å²) in [6, 6.07) is 16.1. The maximum Gasteiger partial charge on any atom is 0.241 e. The molecule has 156 valence electrons. The normalized spacial score (nSPS) is 17.7. The predicted octanol–water partition coefficient (Wildman–Crippen LogP) is 3.65. The van der Waals surface area contributed by atoms with Crippen LogP contribution in [0, 0.1) is 0 Å². The molecule has 0 saturated heterocycles. The van der Waals surface area contributed by atoms with E-state index >= 15 is 0 Å². The molecule has 0 fully saturated rings. The van der Waals surface area contributed by atoms with Gasteiger partial charge in [0.1, 0.15) is 17.9 Å². The van der Waals surface area contributed by atoms with Crippen LogP contribution in [-0.4, -0.2) is 32.7 Å². The quantitative estimate of drug-likeness (QED) is 0.748. The minimum absolute atomic E-state index is 0.232. The fourth-order valence-electron chi connectivity index (χ4n) is 3.79. The van der Waals surface area contributed by atoms with Crippen molar-refractivity contribution in [3.05, 3.63) is 60.2 Å². The summed E-state index contributed by atoms with van der Waals surface area (Å²) in [6.45, 7) is 3.89. The number of para-hydroxylation sites is 2. The van der Waals surface area contributed by atoms with Crippen molar-refractivity contribution in [1.82, 2.24) is 5.32 Å². The smallest absolute Gasteiger partial charge is 0.241 e. The predicted molar refractivity (Wildman–Crippen MR) is 115 cm³/mol. The molecule has 0 aliphatic carbocycles. The van der Waals surface area contributed by atoms with Crippen molar-refractivity contribution < 1.29 is 17.9 Å². The minimum Gasteiger partial charge on any atom is -0.487 e. The highest BCUT2D eigenvalue weighted by Crippen LogP contribution is 2.42. The average molecular weight is 417 g/mol. The molecule has 1 amide bonds. The third-order valence-electron chi connectivity index (χ3n) is 5.55. The van der Waals surface area contributed by atoms with Gasteiger partial charge < -0.3 is 10.1 Å². The fraction of sp³-hybridized carbons (Fsp3) is 0.409. The molecule has 1 aliphatic rings. The maximum absolute atomic E-state index is 12.9. The number of hydrogen-bond acceptors (Lipinski definition) is 4. The first kappa shape index (κ1) is 21.2. The molecule has 0 unspecified atom stereocenters. The van der Waals surface area contributed by atoms with Gasteiger partial charge in [-0.2, -0.15) is 0 Å².